The van der Waals surface area contributed by atoms with Gasteiger partial charge < -0.3 is 5.11 Å². The molecular formula is C12H10F4N2O. The van der Waals surface area contributed by atoms with Crippen molar-refractivity contribution in [3.05, 3.63) is 34.4 Å². The van der Waals surface area contributed by atoms with E-state index in [2.05, 4.69) is 6.92 Å². The van der Waals surface area contributed by atoms with E-state index in [-0.39, 0.29) is 0 Å². The SMILES string of the molecule is CCCCO.N#Cc1c(F)c(F)c(C#N)c(F)c1F. The average Bonchev–Trinajstić information content (AvgIpc) is 2.40. The minimum atomic E-state index is -1.86. The van der Waals surface area contributed by atoms with Crippen molar-refractivity contribution >= 4 is 0 Å². The van der Waals surface area contributed by atoms with E-state index in [1.54, 1.807) is 0 Å². The third-order valence-electron chi connectivity index (χ3n) is 2.00. The van der Waals surface area contributed by atoms with Gasteiger partial charge in [-0.1, -0.05) is 13.3 Å². The summed E-state index contributed by atoms with van der Waals surface area (Å²) in [6.07, 6.45) is 2.04. The number of rotatable bonds is 2. The predicted octanol–water partition coefficient (Wildman–Crippen LogP) is 2.77. The Hall–Kier alpha value is -2.12. The first-order chi connectivity index (χ1) is 8.95. The maximum atomic E-state index is 12.7. The van der Waals surface area contributed by atoms with E-state index in [9.17, 15) is 17.6 Å². The molecule has 0 aliphatic heterocycles. The summed E-state index contributed by atoms with van der Waals surface area (Å²) >= 11 is 0. The van der Waals surface area contributed by atoms with Gasteiger partial charge in [-0.05, 0) is 6.42 Å². The van der Waals surface area contributed by atoms with Gasteiger partial charge >= 0.3 is 0 Å². The molecule has 0 aliphatic carbocycles. The fraction of sp³-hybridized carbons (Fsp3) is 0.333. The Morgan fingerprint density at radius 3 is 1.32 bits per heavy atom. The molecule has 0 unspecified atom stereocenters. The van der Waals surface area contributed by atoms with Crippen molar-refractivity contribution in [3.8, 4) is 12.1 Å². The summed E-state index contributed by atoms with van der Waals surface area (Å²) in [4.78, 5) is 0. The number of hydrogen-bond donors (Lipinski definition) is 1. The van der Waals surface area contributed by atoms with E-state index in [1.165, 1.54) is 0 Å². The third-order valence-corrected chi connectivity index (χ3v) is 2.00. The molecule has 0 radical (unpaired) electrons. The number of aliphatic hydroxyl groups is 1. The van der Waals surface area contributed by atoms with Crippen molar-refractivity contribution in [1.82, 2.24) is 0 Å². The number of benzene rings is 1. The summed E-state index contributed by atoms with van der Waals surface area (Å²) in [5, 5.41) is 24.4. The van der Waals surface area contributed by atoms with E-state index in [0.717, 1.165) is 25.0 Å². The lowest BCUT2D eigenvalue weighted by Gasteiger charge is -2.01. The van der Waals surface area contributed by atoms with Gasteiger partial charge in [0.05, 0.1) is 0 Å². The molecule has 0 atom stereocenters. The van der Waals surface area contributed by atoms with Crippen LogP contribution in [0.5, 0.6) is 0 Å². The molecule has 0 heterocycles. The third kappa shape index (κ3) is 3.94. The monoisotopic (exact) mass is 274 g/mol. The Morgan fingerprint density at radius 1 is 0.895 bits per heavy atom. The van der Waals surface area contributed by atoms with E-state index in [1.807, 2.05) is 0 Å². The van der Waals surface area contributed by atoms with Gasteiger partial charge in [-0.25, -0.2) is 17.6 Å². The Morgan fingerprint density at radius 2 is 1.21 bits per heavy atom. The summed E-state index contributed by atoms with van der Waals surface area (Å²) in [7, 11) is 0. The molecular weight excluding hydrogens is 264 g/mol. The molecule has 1 aromatic rings. The minimum Gasteiger partial charge on any atom is -0.396 e. The van der Waals surface area contributed by atoms with Crippen LogP contribution in [0.4, 0.5) is 17.6 Å². The van der Waals surface area contributed by atoms with E-state index >= 15 is 0 Å². The van der Waals surface area contributed by atoms with Gasteiger partial charge in [-0.3, -0.25) is 0 Å². The number of nitrogens with zero attached hydrogens (tertiary/aromatic N) is 2. The highest BCUT2D eigenvalue weighted by Gasteiger charge is 2.24. The lowest BCUT2D eigenvalue weighted by atomic mass is 10.1. The van der Waals surface area contributed by atoms with Gasteiger partial charge in [0.25, 0.3) is 0 Å². The standard InChI is InChI=1S/C8F4N2.C4H10O/c9-5-3(1-13)6(10)8(12)4(2-14)7(5)11;1-2-3-4-5/h;5H,2-4H2,1H3. The fourth-order valence-corrected chi connectivity index (χ4v) is 0.986. The molecule has 102 valence electrons. The van der Waals surface area contributed by atoms with Crippen molar-refractivity contribution < 1.29 is 22.7 Å². The average molecular weight is 274 g/mol. The van der Waals surface area contributed by atoms with Gasteiger partial charge in [0, 0.05) is 6.61 Å². The Bertz CT molecular complexity index is 456. The van der Waals surface area contributed by atoms with Crippen LogP contribution in [0.3, 0.4) is 0 Å². The van der Waals surface area contributed by atoms with Gasteiger partial charge in [0.2, 0.25) is 0 Å². The molecule has 1 N–H and O–H groups in total. The molecule has 0 saturated heterocycles. The molecule has 3 nitrogen and oxygen atoms in total. The van der Waals surface area contributed by atoms with Crippen LogP contribution in [0.25, 0.3) is 0 Å². The predicted molar refractivity (Wildman–Crippen MR) is 57.7 cm³/mol. The zero-order valence-electron chi connectivity index (χ0n) is 9.97. The summed E-state index contributed by atoms with van der Waals surface area (Å²) in [5.41, 5.74) is -2.75. The fourth-order valence-electron chi connectivity index (χ4n) is 0.986. The van der Waals surface area contributed by atoms with Gasteiger partial charge in [-0.15, -0.1) is 0 Å². The quantitative estimate of drug-likeness (QED) is 0.666. The minimum absolute atomic E-state index is 0.344. The second-order valence-corrected chi connectivity index (χ2v) is 3.31. The number of nitriles is 2. The number of hydrogen-bond acceptors (Lipinski definition) is 3. The van der Waals surface area contributed by atoms with E-state index in [4.69, 9.17) is 15.6 Å². The Balaban J connectivity index is 0.000000555. The first-order valence-electron chi connectivity index (χ1n) is 5.23. The molecule has 7 heteroatoms. The second kappa shape index (κ2) is 8.06. The number of unbranched alkanes of at least 4 members (excludes halogenated alkanes) is 1. The lowest BCUT2D eigenvalue weighted by molar-refractivity contribution is 0.287. The molecule has 1 rings (SSSR count). The van der Waals surface area contributed by atoms with Crippen LogP contribution in [0.2, 0.25) is 0 Å². The van der Waals surface area contributed by atoms with Crippen LogP contribution < -0.4 is 0 Å². The normalized spacial score (nSPS) is 9.05. The highest BCUT2D eigenvalue weighted by atomic mass is 19.2. The highest BCUT2D eigenvalue weighted by molar-refractivity contribution is 5.42. The van der Waals surface area contributed by atoms with Gasteiger partial charge in [0.1, 0.15) is 23.3 Å². The maximum Gasteiger partial charge on any atom is 0.181 e. The van der Waals surface area contributed by atoms with Crippen molar-refractivity contribution in [3.63, 3.8) is 0 Å². The molecule has 0 amide bonds. The van der Waals surface area contributed by atoms with E-state index in [0.29, 0.717) is 6.61 Å². The van der Waals surface area contributed by atoms with Crippen LogP contribution in [0.15, 0.2) is 0 Å². The van der Waals surface area contributed by atoms with Gasteiger partial charge in [0.15, 0.2) is 23.3 Å². The van der Waals surface area contributed by atoms with Crippen molar-refractivity contribution in [2.75, 3.05) is 6.61 Å². The highest BCUT2D eigenvalue weighted by Crippen LogP contribution is 2.22. The second-order valence-electron chi connectivity index (χ2n) is 3.31. The van der Waals surface area contributed by atoms with Crippen LogP contribution >= 0.6 is 0 Å². The molecule has 0 aromatic heterocycles. The lowest BCUT2D eigenvalue weighted by Crippen LogP contribution is -2.04. The zero-order valence-corrected chi connectivity index (χ0v) is 9.97. The first-order valence-corrected chi connectivity index (χ1v) is 5.23. The summed E-state index contributed by atoms with van der Waals surface area (Å²) in [6.45, 7) is 2.40. The molecule has 0 fully saturated rings. The van der Waals surface area contributed by atoms with Gasteiger partial charge in [-0.2, -0.15) is 10.5 Å². The van der Waals surface area contributed by atoms with Crippen LogP contribution in [-0.2, 0) is 0 Å². The topological polar surface area (TPSA) is 67.8 Å². The van der Waals surface area contributed by atoms with Crippen molar-refractivity contribution in [2.45, 2.75) is 19.8 Å². The maximum absolute atomic E-state index is 12.7. The molecule has 0 aliphatic rings. The summed E-state index contributed by atoms with van der Waals surface area (Å²) in [5.74, 6) is -7.43. The molecule has 0 spiro atoms. The first kappa shape index (κ1) is 16.9. The molecule has 19 heavy (non-hydrogen) atoms. The molecule has 0 bridgehead atoms. The van der Waals surface area contributed by atoms with Crippen LogP contribution in [-0.4, -0.2) is 11.7 Å². The smallest absolute Gasteiger partial charge is 0.181 e. The Labute approximate surface area is 107 Å². The number of aliphatic hydroxyl groups excluding tert-OH is 1. The molecule has 1 aromatic carbocycles. The summed E-state index contributed by atoms with van der Waals surface area (Å²) < 4.78 is 50.9. The van der Waals surface area contributed by atoms with Crippen LogP contribution in [0, 0.1) is 45.9 Å². The van der Waals surface area contributed by atoms with Crippen molar-refractivity contribution in [1.29, 1.82) is 10.5 Å². The van der Waals surface area contributed by atoms with E-state index < -0.39 is 34.4 Å². The number of halogens is 4. The zero-order chi connectivity index (χ0) is 15.0. The summed E-state index contributed by atoms with van der Waals surface area (Å²) in [6, 6.07) is 1.91. The largest absolute Gasteiger partial charge is 0.396 e. The molecule has 0 saturated carbocycles. The Kier molecular flexibility index (Phi) is 7.16. The van der Waals surface area contributed by atoms with Crippen LogP contribution in [0.1, 0.15) is 30.9 Å². The van der Waals surface area contributed by atoms with Crippen molar-refractivity contribution in [2.24, 2.45) is 0 Å².